The summed E-state index contributed by atoms with van der Waals surface area (Å²) in [5, 5.41) is 2.98. The van der Waals surface area contributed by atoms with Gasteiger partial charge in [-0.1, -0.05) is 0 Å². The van der Waals surface area contributed by atoms with Crippen LogP contribution in [0.5, 0.6) is 5.75 Å². The number of aromatic nitrogens is 2. The molecule has 2 amide bonds. The van der Waals surface area contributed by atoms with Crippen LogP contribution in [0.3, 0.4) is 0 Å². The summed E-state index contributed by atoms with van der Waals surface area (Å²) in [4.78, 5) is 22.0. The van der Waals surface area contributed by atoms with Gasteiger partial charge in [0.15, 0.2) is 0 Å². The van der Waals surface area contributed by atoms with E-state index < -0.39 is 0 Å². The van der Waals surface area contributed by atoms with E-state index in [4.69, 9.17) is 9.47 Å². The van der Waals surface area contributed by atoms with E-state index in [-0.39, 0.29) is 12.1 Å². The zero-order valence-electron chi connectivity index (χ0n) is 14.2. The Bertz CT molecular complexity index is 700. The highest BCUT2D eigenvalue weighted by Crippen LogP contribution is 2.19. The number of hydrogen-bond donors (Lipinski definition) is 2. The first-order chi connectivity index (χ1) is 11.7. The number of H-pyrrole nitrogens is 1. The highest BCUT2D eigenvalue weighted by Gasteiger charge is 2.28. The fourth-order valence-corrected chi connectivity index (χ4v) is 3.15. The van der Waals surface area contributed by atoms with Crippen LogP contribution in [0.1, 0.15) is 18.7 Å². The van der Waals surface area contributed by atoms with Crippen LogP contribution in [0.4, 0.5) is 4.79 Å². The Hall–Kier alpha value is -2.28. The molecule has 7 nitrogen and oxygen atoms in total. The zero-order chi connectivity index (χ0) is 16.9. The van der Waals surface area contributed by atoms with Crippen LogP contribution in [0.15, 0.2) is 18.2 Å². The normalized spacial score (nSPS) is 17.4. The molecular formula is C17H24N4O3. The SMILES string of the molecule is COC[C@@H]1CCCN1C(=O)NCCc1nc2ccc(OC)cc2[nH]1. The van der Waals surface area contributed by atoms with E-state index in [9.17, 15) is 4.79 Å². The fourth-order valence-electron chi connectivity index (χ4n) is 3.15. The molecule has 130 valence electrons. The van der Waals surface area contributed by atoms with Gasteiger partial charge in [0.2, 0.25) is 0 Å². The molecule has 2 N–H and O–H groups in total. The molecule has 1 saturated heterocycles. The summed E-state index contributed by atoms with van der Waals surface area (Å²) in [5.74, 6) is 1.65. The largest absolute Gasteiger partial charge is 0.497 e. The van der Waals surface area contributed by atoms with Crippen molar-refractivity contribution in [3.05, 3.63) is 24.0 Å². The Morgan fingerprint density at radius 2 is 2.33 bits per heavy atom. The van der Waals surface area contributed by atoms with Crippen LogP contribution in [-0.2, 0) is 11.2 Å². The van der Waals surface area contributed by atoms with Gasteiger partial charge >= 0.3 is 6.03 Å². The number of rotatable bonds is 6. The molecule has 0 bridgehead atoms. The molecule has 0 saturated carbocycles. The Balaban J connectivity index is 1.53. The zero-order valence-corrected chi connectivity index (χ0v) is 14.2. The Kier molecular flexibility index (Phi) is 5.20. The first kappa shape index (κ1) is 16.6. The lowest BCUT2D eigenvalue weighted by atomic mass is 10.2. The summed E-state index contributed by atoms with van der Waals surface area (Å²) in [6, 6.07) is 5.90. The van der Waals surface area contributed by atoms with Crippen LogP contribution >= 0.6 is 0 Å². The first-order valence-corrected chi connectivity index (χ1v) is 8.27. The van der Waals surface area contributed by atoms with Crippen molar-refractivity contribution in [1.82, 2.24) is 20.2 Å². The van der Waals surface area contributed by atoms with Crippen molar-refractivity contribution >= 4 is 17.1 Å². The van der Waals surface area contributed by atoms with Gasteiger partial charge in [0.25, 0.3) is 0 Å². The summed E-state index contributed by atoms with van der Waals surface area (Å²) >= 11 is 0. The quantitative estimate of drug-likeness (QED) is 0.847. The molecule has 1 fully saturated rings. The minimum Gasteiger partial charge on any atom is -0.497 e. The molecule has 0 unspecified atom stereocenters. The molecule has 2 heterocycles. The lowest BCUT2D eigenvalue weighted by Crippen LogP contribution is -2.45. The Morgan fingerprint density at radius 1 is 1.46 bits per heavy atom. The summed E-state index contributed by atoms with van der Waals surface area (Å²) in [7, 11) is 3.31. The van der Waals surface area contributed by atoms with Crippen LogP contribution < -0.4 is 10.1 Å². The fraction of sp³-hybridized carbons (Fsp3) is 0.529. The van der Waals surface area contributed by atoms with Crippen molar-refractivity contribution in [2.24, 2.45) is 0 Å². The number of carbonyl (C=O) groups excluding carboxylic acids is 1. The number of aromatic amines is 1. The third-order valence-electron chi connectivity index (χ3n) is 4.37. The third kappa shape index (κ3) is 3.62. The van der Waals surface area contributed by atoms with E-state index in [1.807, 2.05) is 23.1 Å². The van der Waals surface area contributed by atoms with Crippen molar-refractivity contribution < 1.29 is 14.3 Å². The van der Waals surface area contributed by atoms with Gasteiger partial charge in [0.05, 0.1) is 30.8 Å². The number of carbonyl (C=O) groups is 1. The molecule has 0 spiro atoms. The highest BCUT2D eigenvalue weighted by atomic mass is 16.5. The number of benzene rings is 1. The number of nitrogens with one attached hydrogen (secondary N) is 2. The summed E-state index contributed by atoms with van der Waals surface area (Å²) < 4.78 is 10.4. The standard InChI is InChI=1S/C17H24N4O3/c1-23-11-12-4-3-9-21(12)17(22)18-8-7-16-19-14-6-5-13(24-2)10-15(14)20-16/h5-6,10,12H,3-4,7-9,11H2,1-2H3,(H,18,22)(H,19,20)/t12-/m0/s1. The van der Waals surface area contributed by atoms with Gasteiger partial charge in [0, 0.05) is 32.7 Å². The van der Waals surface area contributed by atoms with E-state index in [0.29, 0.717) is 19.6 Å². The number of ether oxygens (including phenoxy) is 2. The highest BCUT2D eigenvalue weighted by molar-refractivity contribution is 5.77. The molecule has 0 aliphatic carbocycles. The molecule has 1 aliphatic rings. The molecule has 1 aromatic heterocycles. The van der Waals surface area contributed by atoms with Crippen LogP contribution in [-0.4, -0.2) is 60.9 Å². The molecule has 1 aromatic carbocycles. The second-order valence-corrected chi connectivity index (χ2v) is 5.99. The second kappa shape index (κ2) is 7.53. The van der Waals surface area contributed by atoms with E-state index in [1.54, 1.807) is 14.2 Å². The van der Waals surface area contributed by atoms with Gasteiger partial charge in [-0.2, -0.15) is 0 Å². The van der Waals surface area contributed by atoms with Crippen molar-refractivity contribution in [1.29, 1.82) is 0 Å². The summed E-state index contributed by atoms with van der Waals surface area (Å²) in [6.07, 6.45) is 2.70. The van der Waals surface area contributed by atoms with Crippen molar-refractivity contribution in [2.45, 2.75) is 25.3 Å². The number of likely N-dealkylation sites (tertiary alicyclic amines) is 1. The summed E-state index contributed by atoms with van der Waals surface area (Å²) in [6.45, 7) is 1.94. The average molecular weight is 332 g/mol. The Morgan fingerprint density at radius 3 is 3.12 bits per heavy atom. The molecule has 3 rings (SSSR count). The molecule has 24 heavy (non-hydrogen) atoms. The van der Waals surface area contributed by atoms with Gasteiger partial charge in [-0.25, -0.2) is 9.78 Å². The van der Waals surface area contributed by atoms with Crippen molar-refractivity contribution in [3.8, 4) is 5.75 Å². The van der Waals surface area contributed by atoms with Crippen molar-refractivity contribution in [2.75, 3.05) is 33.9 Å². The number of imidazole rings is 1. The van der Waals surface area contributed by atoms with Gasteiger partial charge in [-0.3, -0.25) is 0 Å². The smallest absolute Gasteiger partial charge is 0.317 e. The molecule has 2 aromatic rings. The maximum absolute atomic E-state index is 12.3. The molecule has 1 aliphatic heterocycles. The monoisotopic (exact) mass is 332 g/mol. The number of fused-ring (bicyclic) bond motifs is 1. The second-order valence-electron chi connectivity index (χ2n) is 5.99. The van der Waals surface area contributed by atoms with Crippen LogP contribution in [0.25, 0.3) is 11.0 Å². The first-order valence-electron chi connectivity index (χ1n) is 8.27. The lowest BCUT2D eigenvalue weighted by Gasteiger charge is -2.24. The van der Waals surface area contributed by atoms with E-state index >= 15 is 0 Å². The maximum Gasteiger partial charge on any atom is 0.317 e. The van der Waals surface area contributed by atoms with Gasteiger partial charge in [-0.05, 0) is 25.0 Å². The lowest BCUT2D eigenvalue weighted by molar-refractivity contribution is 0.123. The molecular weight excluding hydrogens is 308 g/mol. The topological polar surface area (TPSA) is 79.5 Å². The predicted molar refractivity (Wildman–Crippen MR) is 91.4 cm³/mol. The van der Waals surface area contributed by atoms with Crippen LogP contribution in [0.2, 0.25) is 0 Å². The minimum atomic E-state index is -0.0210. The van der Waals surface area contributed by atoms with Gasteiger partial charge < -0.3 is 24.7 Å². The summed E-state index contributed by atoms with van der Waals surface area (Å²) in [5.41, 5.74) is 1.84. The van der Waals surface area contributed by atoms with E-state index in [2.05, 4.69) is 15.3 Å². The van der Waals surface area contributed by atoms with Gasteiger partial charge in [-0.15, -0.1) is 0 Å². The predicted octanol–water partition coefficient (Wildman–Crippen LogP) is 1.93. The molecule has 0 radical (unpaired) electrons. The molecule has 1 atom stereocenters. The number of amides is 2. The number of hydrogen-bond acceptors (Lipinski definition) is 4. The van der Waals surface area contributed by atoms with Crippen molar-refractivity contribution in [3.63, 3.8) is 0 Å². The van der Waals surface area contributed by atoms with Gasteiger partial charge in [0.1, 0.15) is 11.6 Å². The maximum atomic E-state index is 12.3. The molecule has 7 heteroatoms. The average Bonchev–Trinajstić information content (AvgIpc) is 3.20. The number of methoxy groups -OCH3 is 2. The minimum absolute atomic E-state index is 0.0210. The number of urea groups is 1. The number of nitrogens with zero attached hydrogens (tertiary/aromatic N) is 2. The third-order valence-corrected chi connectivity index (χ3v) is 4.37. The van der Waals surface area contributed by atoms with E-state index in [0.717, 1.165) is 42.0 Å². The van der Waals surface area contributed by atoms with Crippen LogP contribution in [0, 0.1) is 0 Å². The van der Waals surface area contributed by atoms with E-state index in [1.165, 1.54) is 0 Å². The Labute approximate surface area is 141 Å².